The zero-order valence-corrected chi connectivity index (χ0v) is 18.4. The lowest BCUT2D eigenvalue weighted by Crippen LogP contribution is -2.49. The van der Waals surface area contributed by atoms with Gasteiger partial charge in [0, 0.05) is 24.7 Å². The molecule has 2 aromatic rings. The first-order valence-corrected chi connectivity index (χ1v) is 10.5. The van der Waals surface area contributed by atoms with Crippen molar-refractivity contribution in [2.45, 2.75) is 26.0 Å². The normalized spacial score (nSPS) is 19.3. The second-order valence-corrected chi connectivity index (χ2v) is 7.95. The third-order valence-corrected chi connectivity index (χ3v) is 5.45. The van der Waals surface area contributed by atoms with Crippen molar-refractivity contribution in [2.75, 3.05) is 37.4 Å². The van der Waals surface area contributed by atoms with Crippen LogP contribution in [0.2, 0.25) is 0 Å². The average molecular weight is 445 g/mol. The van der Waals surface area contributed by atoms with Crippen LogP contribution in [-0.4, -0.2) is 60.8 Å². The molecule has 0 fully saturated rings. The maximum absolute atomic E-state index is 13.3. The minimum absolute atomic E-state index is 0.0327. The number of anilines is 2. The van der Waals surface area contributed by atoms with Crippen molar-refractivity contribution in [3.63, 3.8) is 0 Å². The van der Waals surface area contributed by atoms with Crippen LogP contribution in [0.25, 0.3) is 0 Å². The minimum Gasteiger partial charge on any atom is -0.486 e. The van der Waals surface area contributed by atoms with Gasteiger partial charge >= 0.3 is 6.03 Å². The van der Waals surface area contributed by atoms with Crippen LogP contribution in [0.4, 0.5) is 20.6 Å². The van der Waals surface area contributed by atoms with Gasteiger partial charge in [-0.1, -0.05) is 13.0 Å². The molecule has 172 valence electrons. The molecule has 0 radical (unpaired) electrons. The lowest BCUT2D eigenvalue weighted by atomic mass is 9.99. The number of aliphatic hydroxyl groups is 1. The first-order chi connectivity index (χ1) is 15.3. The molecule has 0 aliphatic carbocycles. The van der Waals surface area contributed by atoms with Gasteiger partial charge in [-0.25, -0.2) is 9.18 Å². The van der Waals surface area contributed by atoms with Crippen LogP contribution in [0.3, 0.4) is 0 Å². The Labute approximate surface area is 186 Å². The highest BCUT2D eigenvalue weighted by molar-refractivity contribution is 6.04. The van der Waals surface area contributed by atoms with Gasteiger partial charge in [-0.2, -0.15) is 0 Å². The molecule has 1 heterocycles. The molecule has 9 heteroatoms. The van der Waals surface area contributed by atoms with E-state index in [0.29, 0.717) is 30.0 Å². The Morgan fingerprint density at radius 3 is 2.62 bits per heavy atom. The zero-order valence-electron chi connectivity index (χ0n) is 18.4. The molecule has 0 aromatic heterocycles. The number of urea groups is 1. The summed E-state index contributed by atoms with van der Waals surface area (Å²) in [6, 6.07) is 9.42. The Balaban J connectivity index is 1.93. The van der Waals surface area contributed by atoms with E-state index in [9.17, 15) is 19.1 Å². The fourth-order valence-corrected chi connectivity index (χ4v) is 3.60. The molecule has 4 N–H and O–H groups in total. The van der Waals surface area contributed by atoms with Crippen molar-refractivity contribution in [3.8, 4) is 5.75 Å². The Bertz CT molecular complexity index is 954. The molecule has 3 atom stereocenters. The lowest BCUT2D eigenvalue weighted by Gasteiger charge is -2.37. The minimum atomic E-state index is -0.554. The second-order valence-electron chi connectivity index (χ2n) is 7.95. The summed E-state index contributed by atoms with van der Waals surface area (Å²) in [7, 11) is 1.81. The summed E-state index contributed by atoms with van der Waals surface area (Å²) >= 11 is 0. The number of ether oxygens (including phenoxy) is 1. The van der Waals surface area contributed by atoms with Crippen molar-refractivity contribution in [1.29, 1.82) is 0 Å². The van der Waals surface area contributed by atoms with Gasteiger partial charge in [0.2, 0.25) is 0 Å². The van der Waals surface area contributed by atoms with E-state index in [1.165, 1.54) is 24.3 Å². The quantitative estimate of drug-likeness (QED) is 0.549. The molecule has 1 aliphatic heterocycles. The molecule has 0 bridgehead atoms. The highest BCUT2D eigenvalue weighted by atomic mass is 19.1. The largest absolute Gasteiger partial charge is 0.486 e. The zero-order chi connectivity index (χ0) is 23.3. The molecule has 0 saturated carbocycles. The highest BCUT2D eigenvalue weighted by Crippen LogP contribution is 2.34. The summed E-state index contributed by atoms with van der Waals surface area (Å²) in [4.78, 5) is 27.5. The van der Waals surface area contributed by atoms with E-state index >= 15 is 0 Å². The predicted octanol–water partition coefficient (Wildman–Crippen LogP) is 2.91. The molecule has 0 unspecified atom stereocenters. The maximum atomic E-state index is 13.3. The Hall–Kier alpha value is -3.17. The molecule has 2 aromatic carbocycles. The summed E-state index contributed by atoms with van der Waals surface area (Å²) < 4.78 is 19.4. The SMILES string of the molecule is CNC[C@@H]1Oc2c(NC(=O)Nc3ccc(F)cc3)cccc2C(=O)N([C@@H](C)CO)C[C@@H]1C. The predicted molar refractivity (Wildman–Crippen MR) is 121 cm³/mol. The van der Waals surface area contributed by atoms with Crippen molar-refractivity contribution < 1.29 is 23.8 Å². The fourth-order valence-electron chi connectivity index (χ4n) is 3.60. The number of halogens is 1. The number of hydrogen-bond acceptors (Lipinski definition) is 5. The van der Waals surface area contributed by atoms with Gasteiger partial charge in [0.05, 0.1) is 23.9 Å². The highest BCUT2D eigenvalue weighted by Gasteiger charge is 2.33. The van der Waals surface area contributed by atoms with Gasteiger partial charge in [-0.15, -0.1) is 0 Å². The van der Waals surface area contributed by atoms with Crippen LogP contribution in [0.15, 0.2) is 42.5 Å². The number of carbonyl (C=O) groups excluding carboxylic acids is 2. The Morgan fingerprint density at radius 2 is 1.97 bits per heavy atom. The van der Waals surface area contributed by atoms with Crippen LogP contribution >= 0.6 is 0 Å². The van der Waals surface area contributed by atoms with E-state index in [1.807, 2.05) is 14.0 Å². The number of benzene rings is 2. The third kappa shape index (κ3) is 5.35. The smallest absolute Gasteiger partial charge is 0.323 e. The number of para-hydroxylation sites is 1. The molecular weight excluding hydrogens is 415 g/mol. The second kappa shape index (κ2) is 10.4. The van der Waals surface area contributed by atoms with E-state index in [0.717, 1.165) is 0 Å². The number of likely N-dealkylation sites (N-methyl/N-ethyl adjacent to an activating group) is 1. The summed E-state index contributed by atoms with van der Waals surface area (Å²) in [5.74, 6) is -0.444. The molecule has 0 spiro atoms. The Kier molecular flexibility index (Phi) is 7.66. The molecule has 0 saturated heterocycles. The first kappa shape index (κ1) is 23.5. The number of aliphatic hydroxyl groups excluding tert-OH is 1. The van der Waals surface area contributed by atoms with Crippen LogP contribution < -0.4 is 20.7 Å². The Morgan fingerprint density at radius 1 is 1.25 bits per heavy atom. The summed E-state index contributed by atoms with van der Waals surface area (Å²) in [6.45, 7) is 4.57. The summed E-state index contributed by atoms with van der Waals surface area (Å²) in [6.07, 6.45) is -0.275. The number of hydrogen-bond donors (Lipinski definition) is 4. The molecule has 3 amide bonds. The van der Waals surface area contributed by atoms with Crippen molar-refractivity contribution in [2.24, 2.45) is 5.92 Å². The van der Waals surface area contributed by atoms with Crippen LogP contribution in [0, 0.1) is 11.7 Å². The number of amides is 3. The average Bonchev–Trinajstić information content (AvgIpc) is 2.77. The van der Waals surface area contributed by atoms with Gasteiger partial charge in [0.1, 0.15) is 11.9 Å². The van der Waals surface area contributed by atoms with Crippen molar-refractivity contribution in [1.82, 2.24) is 10.2 Å². The molecule has 32 heavy (non-hydrogen) atoms. The van der Waals surface area contributed by atoms with Gasteiger partial charge in [-0.3, -0.25) is 4.79 Å². The summed E-state index contributed by atoms with van der Waals surface area (Å²) in [5, 5.41) is 18.1. The monoisotopic (exact) mass is 444 g/mol. The maximum Gasteiger partial charge on any atom is 0.323 e. The third-order valence-electron chi connectivity index (χ3n) is 5.45. The number of carbonyl (C=O) groups is 2. The van der Waals surface area contributed by atoms with Crippen molar-refractivity contribution in [3.05, 3.63) is 53.8 Å². The molecule has 1 aliphatic rings. The topological polar surface area (TPSA) is 103 Å². The standard InChI is InChI=1S/C23H29FN4O4/c1-14-12-28(15(2)13-29)22(30)18-5-4-6-19(21(18)32-20(14)11-25-3)27-23(31)26-17-9-7-16(24)8-10-17/h4-10,14-15,20,25,29H,11-13H2,1-3H3,(H2,26,27,31)/t14-,15-,20-/m0/s1. The number of fused-ring (bicyclic) bond motifs is 1. The molecule has 8 nitrogen and oxygen atoms in total. The molecule has 3 rings (SSSR count). The van der Waals surface area contributed by atoms with Crippen LogP contribution in [0.5, 0.6) is 5.75 Å². The van der Waals surface area contributed by atoms with E-state index in [1.54, 1.807) is 30.0 Å². The number of nitrogens with zero attached hydrogens (tertiary/aromatic N) is 1. The van der Waals surface area contributed by atoms with Crippen LogP contribution in [0.1, 0.15) is 24.2 Å². The van der Waals surface area contributed by atoms with Crippen LogP contribution in [-0.2, 0) is 0 Å². The lowest BCUT2D eigenvalue weighted by molar-refractivity contribution is 0.0417. The van der Waals surface area contributed by atoms with E-state index in [-0.39, 0.29) is 36.3 Å². The van der Waals surface area contributed by atoms with Gasteiger partial charge in [0.25, 0.3) is 5.91 Å². The van der Waals surface area contributed by atoms with Gasteiger partial charge < -0.3 is 30.7 Å². The number of rotatable bonds is 6. The van der Waals surface area contributed by atoms with E-state index < -0.39 is 11.8 Å². The van der Waals surface area contributed by atoms with E-state index in [4.69, 9.17) is 4.74 Å². The van der Waals surface area contributed by atoms with Gasteiger partial charge in [0.15, 0.2) is 5.75 Å². The van der Waals surface area contributed by atoms with E-state index in [2.05, 4.69) is 16.0 Å². The molecular formula is C23H29FN4O4. The first-order valence-electron chi connectivity index (χ1n) is 10.5. The van der Waals surface area contributed by atoms with Gasteiger partial charge in [-0.05, 0) is 50.4 Å². The fraction of sp³-hybridized carbons (Fsp3) is 0.391. The summed E-state index contributed by atoms with van der Waals surface area (Å²) in [5.41, 5.74) is 1.06. The van der Waals surface area contributed by atoms with Crippen molar-refractivity contribution >= 4 is 23.3 Å². The number of nitrogens with one attached hydrogen (secondary N) is 3.